The highest BCUT2D eigenvalue weighted by Crippen LogP contribution is 2.38. The minimum Gasteiger partial charge on any atom is -0.493 e. The van der Waals surface area contributed by atoms with E-state index < -0.39 is 11.8 Å². The number of aliphatic carboxylic acids is 1. The minimum absolute atomic E-state index is 0.112. The molecule has 2 heterocycles. The van der Waals surface area contributed by atoms with Crippen molar-refractivity contribution in [2.75, 3.05) is 18.6 Å². The monoisotopic (exact) mass is 442 g/mol. The number of nitrogens with zero attached hydrogens (tertiary/aromatic N) is 2. The van der Waals surface area contributed by atoms with Crippen molar-refractivity contribution >= 4 is 23.0 Å². The van der Waals surface area contributed by atoms with E-state index in [1.54, 1.807) is 12.3 Å². The van der Waals surface area contributed by atoms with Crippen LogP contribution in [0.2, 0.25) is 0 Å². The van der Waals surface area contributed by atoms with Gasteiger partial charge < -0.3 is 19.5 Å². The number of ether oxygens (including phenoxy) is 2. The Hall–Kier alpha value is -3.13. The number of thiazole rings is 1. The molecule has 6 nitrogen and oxygen atoms in total. The number of carboxylic acid groups (broad SMARTS) is 1. The molecule has 31 heavy (non-hydrogen) atoms. The molecule has 0 unspecified atom stereocenters. The van der Waals surface area contributed by atoms with Gasteiger partial charge in [0.25, 0.3) is 5.19 Å². The number of hydrogen-bond donors (Lipinski definition) is 1. The number of benzene rings is 2. The van der Waals surface area contributed by atoms with E-state index >= 15 is 4.39 Å². The highest BCUT2D eigenvalue weighted by Gasteiger charge is 2.23. The van der Waals surface area contributed by atoms with Crippen molar-refractivity contribution in [2.45, 2.75) is 32.7 Å². The summed E-state index contributed by atoms with van der Waals surface area (Å²) in [5, 5.41) is 9.39. The van der Waals surface area contributed by atoms with Gasteiger partial charge in [0.15, 0.2) is 11.6 Å². The molecule has 0 saturated carbocycles. The summed E-state index contributed by atoms with van der Waals surface area (Å²) >= 11 is 1.42. The number of fused-ring (bicyclic) bond motifs is 1. The molecule has 1 aliphatic rings. The molecule has 4 rings (SSSR count). The molecular weight excluding hydrogens is 419 g/mol. The molecule has 162 valence electrons. The van der Waals surface area contributed by atoms with Crippen LogP contribution in [0.15, 0.2) is 36.5 Å². The van der Waals surface area contributed by atoms with Crippen LogP contribution < -0.4 is 14.4 Å². The van der Waals surface area contributed by atoms with Gasteiger partial charge >= 0.3 is 5.97 Å². The van der Waals surface area contributed by atoms with Gasteiger partial charge in [0.1, 0.15) is 5.75 Å². The topological polar surface area (TPSA) is 71.9 Å². The van der Waals surface area contributed by atoms with Gasteiger partial charge in [-0.2, -0.15) is 0 Å². The number of rotatable bonds is 7. The zero-order valence-corrected chi connectivity index (χ0v) is 18.2. The highest BCUT2D eigenvalue weighted by molar-refractivity contribution is 7.13. The van der Waals surface area contributed by atoms with E-state index in [4.69, 9.17) is 14.6 Å². The quantitative estimate of drug-likeness (QED) is 0.557. The predicted molar refractivity (Wildman–Crippen MR) is 117 cm³/mol. The number of anilines is 1. The SMILES string of the molecule is COc1cc(Oc2ncc(C)s2)cc(N2CCc3cc(CCC(=O)O)ccc3C2)c1F. The lowest BCUT2D eigenvalue weighted by Gasteiger charge is -2.31. The van der Waals surface area contributed by atoms with Crippen LogP contribution in [-0.2, 0) is 24.2 Å². The molecule has 0 spiro atoms. The Morgan fingerprint density at radius 3 is 2.84 bits per heavy atom. The fourth-order valence-corrected chi connectivity index (χ4v) is 4.32. The number of methoxy groups -OCH3 is 1. The first kappa shape index (κ1) is 21.1. The van der Waals surface area contributed by atoms with Gasteiger partial charge in [0.2, 0.25) is 0 Å². The van der Waals surface area contributed by atoms with Crippen LogP contribution in [0.1, 0.15) is 28.0 Å². The average molecular weight is 443 g/mol. The van der Waals surface area contributed by atoms with Crippen molar-refractivity contribution in [3.63, 3.8) is 0 Å². The van der Waals surface area contributed by atoms with Crippen LogP contribution in [-0.4, -0.2) is 29.7 Å². The number of carbonyl (C=O) groups is 1. The van der Waals surface area contributed by atoms with E-state index in [1.165, 1.54) is 30.1 Å². The first-order valence-electron chi connectivity index (χ1n) is 9.98. The van der Waals surface area contributed by atoms with Crippen LogP contribution in [0, 0.1) is 12.7 Å². The number of aromatic nitrogens is 1. The first-order valence-corrected chi connectivity index (χ1v) is 10.8. The van der Waals surface area contributed by atoms with Crippen molar-refractivity contribution in [1.82, 2.24) is 4.98 Å². The summed E-state index contributed by atoms with van der Waals surface area (Å²) in [5.74, 6) is -0.636. The summed E-state index contributed by atoms with van der Waals surface area (Å²) in [6.45, 7) is 3.13. The Labute approximate surface area is 183 Å². The lowest BCUT2D eigenvalue weighted by Crippen LogP contribution is -2.31. The molecule has 0 atom stereocenters. The molecule has 1 aliphatic heterocycles. The number of hydrogen-bond acceptors (Lipinski definition) is 6. The molecule has 0 aliphatic carbocycles. The van der Waals surface area contributed by atoms with Crippen LogP contribution in [0.5, 0.6) is 16.7 Å². The molecule has 8 heteroatoms. The third-order valence-electron chi connectivity index (χ3n) is 5.27. The van der Waals surface area contributed by atoms with E-state index in [0.717, 1.165) is 22.4 Å². The summed E-state index contributed by atoms with van der Waals surface area (Å²) in [6.07, 6.45) is 3.10. The van der Waals surface area contributed by atoms with Gasteiger partial charge in [0.05, 0.1) is 12.8 Å². The van der Waals surface area contributed by atoms with E-state index in [1.807, 2.05) is 24.0 Å². The maximum absolute atomic E-state index is 15.1. The summed E-state index contributed by atoms with van der Waals surface area (Å²) in [7, 11) is 1.43. The molecule has 3 aromatic rings. The van der Waals surface area contributed by atoms with Crippen LogP contribution >= 0.6 is 11.3 Å². The standard InChI is InChI=1S/C23H23FN2O4S/c1-14-12-25-23(31-14)30-18-10-19(22(24)20(11-18)29-2)26-8-7-16-9-15(4-6-21(27)28)3-5-17(16)13-26/h3,5,9-12H,4,6-8,13H2,1-2H3,(H,27,28). The Morgan fingerprint density at radius 1 is 1.29 bits per heavy atom. The smallest absolute Gasteiger partial charge is 0.303 e. The van der Waals surface area contributed by atoms with Crippen molar-refractivity contribution < 1.29 is 23.8 Å². The number of halogens is 1. The molecule has 0 amide bonds. The van der Waals surface area contributed by atoms with Crippen molar-refractivity contribution in [2.24, 2.45) is 0 Å². The Morgan fingerprint density at radius 2 is 2.13 bits per heavy atom. The molecule has 0 fully saturated rings. The summed E-state index contributed by atoms with van der Waals surface area (Å²) in [5.41, 5.74) is 3.71. The second-order valence-corrected chi connectivity index (χ2v) is 8.66. The summed E-state index contributed by atoms with van der Waals surface area (Å²) in [4.78, 5) is 18.0. The average Bonchev–Trinajstić information content (AvgIpc) is 3.17. The normalized spacial score (nSPS) is 13.1. The van der Waals surface area contributed by atoms with Gasteiger partial charge in [-0.05, 0) is 36.5 Å². The second kappa shape index (κ2) is 8.93. The van der Waals surface area contributed by atoms with Gasteiger partial charge in [-0.3, -0.25) is 4.79 Å². The molecular formula is C23H23FN2O4S. The largest absolute Gasteiger partial charge is 0.493 e. The van der Waals surface area contributed by atoms with Gasteiger partial charge in [-0.15, -0.1) is 0 Å². The fourth-order valence-electron chi connectivity index (χ4n) is 3.70. The number of aryl methyl sites for hydroxylation is 2. The van der Waals surface area contributed by atoms with E-state index in [-0.39, 0.29) is 12.2 Å². The number of carboxylic acids is 1. The van der Waals surface area contributed by atoms with Crippen LogP contribution in [0.4, 0.5) is 10.1 Å². The lowest BCUT2D eigenvalue weighted by molar-refractivity contribution is -0.136. The van der Waals surface area contributed by atoms with Crippen LogP contribution in [0.3, 0.4) is 0 Å². The zero-order chi connectivity index (χ0) is 22.0. The van der Waals surface area contributed by atoms with Gasteiger partial charge in [-0.1, -0.05) is 29.5 Å². The van der Waals surface area contributed by atoms with Gasteiger partial charge in [-0.25, -0.2) is 9.37 Å². The summed E-state index contributed by atoms with van der Waals surface area (Å²) < 4.78 is 26.2. The molecule has 0 radical (unpaired) electrons. The molecule has 1 N–H and O–H groups in total. The predicted octanol–water partition coefficient (Wildman–Crippen LogP) is 4.97. The maximum atomic E-state index is 15.1. The van der Waals surface area contributed by atoms with E-state index in [0.29, 0.717) is 36.1 Å². The third-order valence-corrected chi connectivity index (χ3v) is 6.06. The van der Waals surface area contributed by atoms with Crippen LogP contribution in [0.25, 0.3) is 0 Å². The molecule has 0 bridgehead atoms. The summed E-state index contributed by atoms with van der Waals surface area (Å²) in [6, 6.07) is 9.24. The zero-order valence-electron chi connectivity index (χ0n) is 17.4. The minimum atomic E-state index is -0.802. The Bertz CT molecular complexity index is 1110. The fraction of sp³-hybridized carbons (Fsp3) is 0.304. The van der Waals surface area contributed by atoms with Crippen molar-refractivity contribution in [3.05, 3.63) is 63.9 Å². The first-order chi connectivity index (χ1) is 14.9. The lowest BCUT2D eigenvalue weighted by atomic mass is 9.95. The van der Waals surface area contributed by atoms with Gasteiger partial charge in [0, 0.05) is 42.7 Å². The Balaban J connectivity index is 1.58. The Kier molecular flexibility index (Phi) is 6.08. The molecule has 1 aromatic heterocycles. The highest BCUT2D eigenvalue weighted by atomic mass is 32.1. The van der Waals surface area contributed by atoms with E-state index in [2.05, 4.69) is 11.1 Å². The molecule has 2 aromatic carbocycles. The van der Waals surface area contributed by atoms with Crippen molar-refractivity contribution in [1.29, 1.82) is 0 Å². The third kappa shape index (κ3) is 4.80. The van der Waals surface area contributed by atoms with E-state index in [9.17, 15) is 4.79 Å². The van der Waals surface area contributed by atoms with Crippen molar-refractivity contribution in [3.8, 4) is 16.7 Å². The molecule has 0 saturated heterocycles. The second-order valence-electron chi connectivity index (χ2n) is 7.47. The maximum Gasteiger partial charge on any atom is 0.303 e.